The lowest BCUT2D eigenvalue weighted by molar-refractivity contribution is -0.132. The molecule has 1 saturated heterocycles. The minimum absolute atomic E-state index is 0.0351. The zero-order valence-corrected chi connectivity index (χ0v) is 14.4. The number of nitrogens with one attached hydrogen (secondary N) is 3. The zero-order chi connectivity index (χ0) is 18.0. The lowest BCUT2D eigenvalue weighted by Crippen LogP contribution is -2.50. The Morgan fingerprint density at radius 1 is 1.21 bits per heavy atom. The van der Waals surface area contributed by atoms with E-state index in [1.54, 1.807) is 0 Å². The summed E-state index contributed by atoms with van der Waals surface area (Å²) in [6.07, 6.45) is -2.51. The van der Waals surface area contributed by atoms with E-state index >= 15 is 0 Å². The van der Waals surface area contributed by atoms with Gasteiger partial charge >= 0.3 is 6.18 Å². The van der Waals surface area contributed by atoms with Gasteiger partial charge in [-0.25, -0.2) is 0 Å². The van der Waals surface area contributed by atoms with Gasteiger partial charge in [-0.2, -0.15) is 13.2 Å². The molecule has 24 heavy (non-hydrogen) atoms. The van der Waals surface area contributed by atoms with Gasteiger partial charge < -0.3 is 16.0 Å². The van der Waals surface area contributed by atoms with Crippen LogP contribution in [-0.2, 0) is 4.79 Å². The van der Waals surface area contributed by atoms with Crippen LogP contribution in [0.3, 0.4) is 0 Å². The van der Waals surface area contributed by atoms with Crippen molar-refractivity contribution in [2.24, 2.45) is 4.99 Å². The monoisotopic (exact) mass is 351 g/mol. The van der Waals surface area contributed by atoms with Gasteiger partial charge in [0.05, 0.1) is 13.0 Å². The average Bonchev–Trinajstić information content (AvgIpc) is 2.52. The quantitative estimate of drug-likeness (QED) is 0.475. The SMILES string of the molecule is CCCNC(=O)CN1CCC(NC(=NC)NCCC(F)(F)F)CC1. The molecule has 1 heterocycles. The van der Waals surface area contributed by atoms with E-state index in [-0.39, 0.29) is 18.5 Å². The number of alkyl halides is 3. The highest BCUT2D eigenvalue weighted by molar-refractivity contribution is 5.80. The maximum Gasteiger partial charge on any atom is 0.390 e. The number of amides is 1. The van der Waals surface area contributed by atoms with E-state index in [0.717, 1.165) is 32.4 Å². The van der Waals surface area contributed by atoms with Crippen LogP contribution >= 0.6 is 0 Å². The number of nitrogens with zero attached hydrogens (tertiary/aromatic N) is 2. The summed E-state index contributed by atoms with van der Waals surface area (Å²) in [4.78, 5) is 17.7. The second-order valence-electron chi connectivity index (χ2n) is 5.91. The van der Waals surface area contributed by atoms with E-state index in [1.807, 2.05) is 6.92 Å². The molecule has 6 nitrogen and oxygen atoms in total. The topological polar surface area (TPSA) is 68.8 Å². The summed E-state index contributed by atoms with van der Waals surface area (Å²) in [5.41, 5.74) is 0. The lowest BCUT2D eigenvalue weighted by Gasteiger charge is -2.32. The van der Waals surface area contributed by atoms with E-state index in [1.165, 1.54) is 7.05 Å². The highest BCUT2D eigenvalue weighted by atomic mass is 19.4. The predicted molar refractivity (Wildman–Crippen MR) is 87.9 cm³/mol. The fourth-order valence-electron chi connectivity index (χ4n) is 2.47. The van der Waals surface area contributed by atoms with Crippen LogP contribution in [0.25, 0.3) is 0 Å². The molecule has 0 aromatic heterocycles. The molecule has 1 aliphatic rings. The molecule has 140 valence electrons. The first-order valence-corrected chi connectivity index (χ1v) is 8.37. The Balaban J connectivity index is 2.25. The third-order valence-corrected chi connectivity index (χ3v) is 3.79. The van der Waals surface area contributed by atoms with E-state index in [0.29, 0.717) is 19.0 Å². The Morgan fingerprint density at radius 3 is 2.42 bits per heavy atom. The molecule has 0 radical (unpaired) electrons. The van der Waals surface area contributed by atoms with Crippen molar-refractivity contribution in [2.45, 2.75) is 44.8 Å². The summed E-state index contributed by atoms with van der Waals surface area (Å²) < 4.78 is 36.5. The van der Waals surface area contributed by atoms with Gasteiger partial charge in [-0.05, 0) is 19.3 Å². The standard InChI is InChI=1S/C15H28F3N5O/c1-3-7-20-13(24)11-23-9-4-12(5-10-23)22-14(19-2)21-8-6-15(16,17)18/h12H,3-11H2,1-2H3,(H,20,24)(H2,19,21,22). The van der Waals surface area contributed by atoms with Crippen molar-refractivity contribution in [1.29, 1.82) is 0 Å². The third kappa shape index (κ3) is 8.95. The average molecular weight is 351 g/mol. The fraction of sp³-hybridized carbons (Fsp3) is 0.867. The van der Waals surface area contributed by atoms with Crippen LogP contribution in [0.4, 0.5) is 13.2 Å². The highest BCUT2D eigenvalue weighted by Gasteiger charge is 2.26. The molecule has 0 saturated carbocycles. The first-order chi connectivity index (χ1) is 11.3. The highest BCUT2D eigenvalue weighted by Crippen LogP contribution is 2.18. The normalized spacial score (nSPS) is 17.6. The smallest absolute Gasteiger partial charge is 0.356 e. The van der Waals surface area contributed by atoms with Gasteiger partial charge in [-0.3, -0.25) is 14.7 Å². The largest absolute Gasteiger partial charge is 0.390 e. The molecule has 0 bridgehead atoms. The number of carbonyl (C=O) groups is 1. The summed E-state index contributed by atoms with van der Waals surface area (Å²) in [6, 6.07) is 0.150. The zero-order valence-electron chi connectivity index (χ0n) is 14.4. The Hall–Kier alpha value is -1.51. The van der Waals surface area contributed by atoms with Crippen LogP contribution in [0.2, 0.25) is 0 Å². The second kappa shape index (κ2) is 10.4. The molecule has 1 amide bonds. The molecular formula is C15H28F3N5O. The van der Waals surface area contributed by atoms with Crippen LogP contribution in [0.15, 0.2) is 4.99 Å². The molecule has 0 aromatic carbocycles. The molecule has 1 aliphatic heterocycles. The number of guanidine groups is 1. The van der Waals surface area contributed by atoms with Gasteiger partial charge in [0.25, 0.3) is 0 Å². The van der Waals surface area contributed by atoms with E-state index in [2.05, 4.69) is 25.8 Å². The first-order valence-electron chi connectivity index (χ1n) is 8.37. The Labute approximate surface area is 141 Å². The molecule has 0 aliphatic carbocycles. The first kappa shape index (κ1) is 20.5. The predicted octanol–water partition coefficient (Wildman–Crippen LogP) is 1.09. The number of rotatable bonds is 7. The fourth-order valence-corrected chi connectivity index (χ4v) is 2.47. The van der Waals surface area contributed by atoms with E-state index < -0.39 is 12.6 Å². The number of hydrogen-bond acceptors (Lipinski definition) is 3. The van der Waals surface area contributed by atoms with E-state index in [9.17, 15) is 18.0 Å². The Bertz CT molecular complexity index is 406. The number of halogens is 3. The van der Waals surface area contributed by atoms with Gasteiger partial charge in [0.1, 0.15) is 0 Å². The molecule has 1 fully saturated rings. The third-order valence-electron chi connectivity index (χ3n) is 3.79. The minimum Gasteiger partial charge on any atom is -0.356 e. The van der Waals surface area contributed by atoms with E-state index in [4.69, 9.17) is 0 Å². The summed E-state index contributed by atoms with van der Waals surface area (Å²) >= 11 is 0. The maximum atomic E-state index is 12.2. The number of hydrogen-bond donors (Lipinski definition) is 3. The van der Waals surface area contributed by atoms with Crippen molar-refractivity contribution < 1.29 is 18.0 Å². The van der Waals surface area contributed by atoms with Gasteiger partial charge in [0, 0.05) is 39.3 Å². The van der Waals surface area contributed by atoms with Crippen molar-refractivity contribution in [1.82, 2.24) is 20.9 Å². The Kier molecular flexibility index (Phi) is 8.88. The van der Waals surface area contributed by atoms with Crippen molar-refractivity contribution in [3.63, 3.8) is 0 Å². The number of aliphatic imine (C=N–C) groups is 1. The van der Waals surface area contributed by atoms with Crippen LogP contribution in [-0.4, -0.2) is 68.8 Å². The van der Waals surface area contributed by atoms with Crippen LogP contribution in [0, 0.1) is 0 Å². The van der Waals surface area contributed by atoms with Crippen LogP contribution < -0.4 is 16.0 Å². The lowest BCUT2D eigenvalue weighted by atomic mass is 10.1. The number of carbonyl (C=O) groups excluding carboxylic acids is 1. The summed E-state index contributed by atoms with van der Waals surface area (Å²) in [6.45, 7) is 4.45. The molecule has 3 N–H and O–H groups in total. The van der Waals surface area contributed by atoms with Crippen molar-refractivity contribution in [2.75, 3.05) is 39.8 Å². The van der Waals surface area contributed by atoms with Crippen LogP contribution in [0.1, 0.15) is 32.6 Å². The van der Waals surface area contributed by atoms with Crippen molar-refractivity contribution in [3.8, 4) is 0 Å². The van der Waals surface area contributed by atoms with Gasteiger partial charge in [-0.15, -0.1) is 0 Å². The second-order valence-corrected chi connectivity index (χ2v) is 5.91. The summed E-state index contributed by atoms with van der Waals surface area (Å²) in [5.74, 6) is 0.422. The molecule has 0 unspecified atom stereocenters. The van der Waals surface area contributed by atoms with Gasteiger partial charge in [-0.1, -0.05) is 6.92 Å². The summed E-state index contributed by atoms with van der Waals surface area (Å²) in [5, 5.41) is 8.68. The molecule has 0 spiro atoms. The van der Waals surface area contributed by atoms with Gasteiger partial charge in [0.15, 0.2) is 5.96 Å². The minimum atomic E-state index is -4.17. The van der Waals surface area contributed by atoms with Crippen LogP contribution in [0.5, 0.6) is 0 Å². The maximum absolute atomic E-state index is 12.2. The Morgan fingerprint density at radius 2 is 1.88 bits per heavy atom. The molecule has 0 atom stereocenters. The molecule has 0 aromatic rings. The number of likely N-dealkylation sites (tertiary alicyclic amines) is 1. The summed E-state index contributed by atoms with van der Waals surface area (Å²) in [7, 11) is 1.54. The van der Waals surface area contributed by atoms with Crippen molar-refractivity contribution in [3.05, 3.63) is 0 Å². The van der Waals surface area contributed by atoms with Crippen molar-refractivity contribution >= 4 is 11.9 Å². The number of piperidine rings is 1. The van der Waals surface area contributed by atoms with Gasteiger partial charge in [0.2, 0.25) is 5.91 Å². The molecule has 1 rings (SSSR count). The molecule has 9 heteroatoms. The molecular weight excluding hydrogens is 323 g/mol.